The summed E-state index contributed by atoms with van der Waals surface area (Å²) in [6.45, 7) is 2.77. The Morgan fingerprint density at radius 3 is 2.75 bits per heavy atom. The van der Waals surface area contributed by atoms with E-state index in [0.717, 1.165) is 11.1 Å². The lowest BCUT2D eigenvalue weighted by molar-refractivity contribution is -0.0151. The van der Waals surface area contributed by atoms with Crippen molar-refractivity contribution >= 4 is 30.1 Å². The van der Waals surface area contributed by atoms with Gasteiger partial charge in [-0.25, -0.2) is 5.09 Å². The quantitative estimate of drug-likeness (QED) is 0.765. The van der Waals surface area contributed by atoms with Crippen LogP contribution in [0.25, 0.3) is 0 Å². The molecule has 1 saturated heterocycles. The maximum Gasteiger partial charge on any atom is 0.262 e. The van der Waals surface area contributed by atoms with Gasteiger partial charge in [0.1, 0.15) is 0 Å². The van der Waals surface area contributed by atoms with Gasteiger partial charge in [0.2, 0.25) is 0 Å². The van der Waals surface area contributed by atoms with E-state index in [9.17, 15) is 0 Å². The van der Waals surface area contributed by atoms with Gasteiger partial charge in [-0.1, -0.05) is 43.6 Å². The van der Waals surface area contributed by atoms with E-state index in [0.29, 0.717) is 18.2 Å². The third kappa shape index (κ3) is 4.23. The van der Waals surface area contributed by atoms with Crippen molar-refractivity contribution in [3.63, 3.8) is 0 Å². The van der Waals surface area contributed by atoms with Gasteiger partial charge in [0.05, 0.1) is 12.7 Å². The minimum atomic E-state index is -2.57. The molecule has 1 aromatic carbocycles. The summed E-state index contributed by atoms with van der Waals surface area (Å²) in [4.78, 5) is 4.11. The first-order chi connectivity index (χ1) is 11.4. The molecular weight excluding hydrogens is 363 g/mol. The number of rotatable bonds is 4. The van der Waals surface area contributed by atoms with E-state index in [1.54, 1.807) is 12.4 Å². The minimum Gasteiger partial charge on any atom is -0.317 e. The van der Waals surface area contributed by atoms with Gasteiger partial charge < -0.3 is 9.05 Å². The highest BCUT2D eigenvalue weighted by atomic mass is 35.5. The zero-order chi connectivity index (χ0) is 17.2. The van der Waals surface area contributed by atoms with Gasteiger partial charge in [0.15, 0.2) is 0 Å². The Balaban J connectivity index is 1.76. The first-order valence-corrected chi connectivity index (χ1v) is 10.7. The molecule has 0 unspecified atom stereocenters. The second kappa shape index (κ2) is 7.20. The maximum absolute atomic E-state index is 6.27. The summed E-state index contributed by atoms with van der Waals surface area (Å²) >= 11 is 11.7. The van der Waals surface area contributed by atoms with Crippen LogP contribution in [0.4, 0.5) is 0 Å². The summed E-state index contributed by atoms with van der Waals surface area (Å²) in [7, 11) is 0. The van der Waals surface area contributed by atoms with Crippen LogP contribution in [-0.4, -0.2) is 11.6 Å². The van der Waals surface area contributed by atoms with E-state index in [4.69, 9.17) is 32.5 Å². The van der Waals surface area contributed by atoms with Gasteiger partial charge in [-0.3, -0.25) is 4.98 Å². The van der Waals surface area contributed by atoms with Gasteiger partial charge in [-0.15, -0.1) is 0 Å². The van der Waals surface area contributed by atoms with Crippen molar-refractivity contribution in [1.29, 1.82) is 0 Å². The average molecular weight is 383 g/mol. The second-order valence-electron chi connectivity index (χ2n) is 6.49. The lowest BCUT2D eigenvalue weighted by atomic mass is 9.83. The van der Waals surface area contributed by atoms with E-state index in [1.165, 1.54) is 0 Å². The molecule has 1 aliphatic rings. The molecule has 1 N–H and O–H groups in total. The fourth-order valence-corrected chi connectivity index (χ4v) is 5.09. The number of halogens is 1. The van der Waals surface area contributed by atoms with Crippen molar-refractivity contribution in [3.8, 4) is 0 Å². The van der Waals surface area contributed by atoms with Crippen LogP contribution < -0.4 is 5.09 Å². The molecule has 0 saturated carbocycles. The molecule has 2 aromatic rings. The van der Waals surface area contributed by atoms with Crippen molar-refractivity contribution in [2.75, 3.05) is 6.61 Å². The van der Waals surface area contributed by atoms with Gasteiger partial charge >= 0.3 is 0 Å². The summed E-state index contributed by atoms with van der Waals surface area (Å²) in [6, 6.07) is 11.6. The molecule has 0 spiro atoms. The number of hydrogen-bond donors (Lipinski definition) is 1. The molecule has 0 bridgehead atoms. The fourth-order valence-electron chi connectivity index (χ4n) is 2.56. The number of nitrogens with one attached hydrogen (secondary N) is 1. The van der Waals surface area contributed by atoms with E-state index in [2.05, 4.69) is 23.9 Å². The summed E-state index contributed by atoms with van der Waals surface area (Å²) in [6.07, 6.45) is 3.41. The van der Waals surface area contributed by atoms with Crippen molar-refractivity contribution < 1.29 is 9.05 Å². The molecule has 2 heterocycles. The zero-order valence-electron chi connectivity index (χ0n) is 13.6. The number of benzene rings is 1. The third-order valence-electron chi connectivity index (χ3n) is 3.93. The first kappa shape index (κ1) is 18.0. The number of aromatic nitrogens is 1. The van der Waals surface area contributed by atoms with E-state index >= 15 is 0 Å². The summed E-state index contributed by atoms with van der Waals surface area (Å²) in [5.41, 5.74) is 1.93. The number of hydrogen-bond acceptors (Lipinski definition) is 4. The molecule has 7 heteroatoms. The van der Waals surface area contributed by atoms with E-state index in [-0.39, 0.29) is 11.5 Å². The molecule has 1 fully saturated rings. The number of nitrogens with zero attached hydrogens (tertiary/aromatic N) is 1. The largest absolute Gasteiger partial charge is 0.317 e. The average Bonchev–Trinajstić information content (AvgIpc) is 2.58. The smallest absolute Gasteiger partial charge is 0.262 e. The molecule has 24 heavy (non-hydrogen) atoms. The molecule has 0 radical (unpaired) electrons. The number of pyridine rings is 1. The Morgan fingerprint density at radius 2 is 2.08 bits per heavy atom. The highest BCUT2D eigenvalue weighted by Crippen LogP contribution is 2.58. The van der Waals surface area contributed by atoms with Crippen molar-refractivity contribution in [2.45, 2.75) is 26.5 Å². The first-order valence-electron chi connectivity index (χ1n) is 7.70. The van der Waals surface area contributed by atoms with Crippen LogP contribution in [0.3, 0.4) is 0 Å². The predicted octanol–water partition coefficient (Wildman–Crippen LogP) is 4.86. The Bertz CT molecular complexity index is 740. The molecule has 0 amide bonds. The van der Waals surface area contributed by atoms with Crippen molar-refractivity contribution in [3.05, 3.63) is 64.9 Å². The molecule has 3 rings (SSSR count). The van der Waals surface area contributed by atoms with Gasteiger partial charge in [-0.05, 0) is 41.1 Å². The summed E-state index contributed by atoms with van der Waals surface area (Å²) in [5.74, 6) is 0. The van der Waals surface area contributed by atoms with Crippen LogP contribution in [-0.2, 0) is 27.4 Å². The SMILES string of the molecule is CC1(C)CO[P@](=S)(NCc2cccnc2)O[C@H]1c1ccc(Cl)cc1. The van der Waals surface area contributed by atoms with E-state index in [1.807, 2.05) is 36.4 Å². The van der Waals surface area contributed by atoms with Crippen LogP contribution >= 0.6 is 18.2 Å². The van der Waals surface area contributed by atoms with Crippen molar-refractivity contribution in [2.24, 2.45) is 5.41 Å². The molecule has 1 aromatic heterocycles. The van der Waals surface area contributed by atoms with Crippen molar-refractivity contribution in [1.82, 2.24) is 10.1 Å². The van der Waals surface area contributed by atoms with E-state index < -0.39 is 6.64 Å². The molecule has 4 nitrogen and oxygen atoms in total. The predicted molar refractivity (Wildman–Crippen MR) is 100 cm³/mol. The topological polar surface area (TPSA) is 43.4 Å². The lowest BCUT2D eigenvalue weighted by Gasteiger charge is -2.43. The third-order valence-corrected chi connectivity index (χ3v) is 6.65. The lowest BCUT2D eigenvalue weighted by Crippen LogP contribution is -2.35. The van der Waals surface area contributed by atoms with Crippen LogP contribution in [0, 0.1) is 5.41 Å². The Labute approximate surface area is 152 Å². The molecular formula is C17H20ClN2O2PS. The van der Waals surface area contributed by atoms with Crippen LogP contribution in [0.2, 0.25) is 5.02 Å². The van der Waals surface area contributed by atoms with Gasteiger partial charge in [0, 0.05) is 29.4 Å². The normalized spacial score (nSPS) is 26.2. The summed E-state index contributed by atoms with van der Waals surface area (Å²) in [5, 5.41) is 3.98. The van der Waals surface area contributed by atoms with Gasteiger partial charge in [0.25, 0.3) is 6.64 Å². The summed E-state index contributed by atoms with van der Waals surface area (Å²) < 4.78 is 12.2. The highest BCUT2D eigenvalue weighted by Gasteiger charge is 2.42. The molecule has 1 aliphatic heterocycles. The molecule has 2 atom stereocenters. The van der Waals surface area contributed by atoms with Gasteiger partial charge in [-0.2, -0.15) is 0 Å². The Hall–Kier alpha value is -0.810. The Morgan fingerprint density at radius 1 is 1.33 bits per heavy atom. The molecule has 0 aliphatic carbocycles. The zero-order valence-corrected chi connectivity index (χ0v) is 16.1. The van der Waals surface area contributed by atoms with Crippen LogP contribution in [0.15, 0.2) is 48.8 Å². The Kier molecular flexibility index (Phi) is 5.40. The highest BCUT2D eigenvalue weighted by molar-refractivity contribution is 8.09. The minimum absolute atomic E-state index is 0.143. The second-order valence-corrected chi connectivity index (χ2v) is 10.2. The fraction of sp³-hybridized carbons (Fsp3) is 0.353. The van der Waals surface area contributed by atoms with Crippen LogP contribution in [0.5, 0.6) is 0 Å². The molecule has 128 valence electrons. The standard InChI is InChI=1S/C17H20ClN2O2PS/c1-17(2)12-21-23(24,20-11-13-4-3-9-19-10-13)22-16(17)14-5-7-15(18)8-6-14/h3-10,16H,11-12H2,1-2H3,(H,20,24)/t16-,23+/m0/s1. The maximum atomic E-state index is 6.27. The van der Waals surface area contributed by atoms with Crippen LogP contribution in [0.1, 0.15) is 31.1 Å². The monoisotopic (exact) mass is 382 g/mol.